The zero-order valence-electron chi connectivity index (χ0n) is 13.9. The van der Waals surface area contributed by atoms with E-state index in [2.05, 4.69) is 0 Å². The lowest BCUT2D eigenvalue weighted by Gasteiger charge is -2.35. The highest BCUT2D eigenvalue weighted by Gasteiger charge is 2.33. The van der Waals surface area contributed by atoms with Gasteiger partial charge in [-0.15, -0.1) is 0 Å². The van der Waals surface area contributed by atoms with Crippen LogP contribution in [0.15, 0.2) is 30.3 Å². The van der Waals surface area contributed by atoms with Crippen LogP contribution in [0.5, 0.6) is 5.75 Å². The molecule has 1 N–H and O–H groups in total. The molecular formula is C19H25NO4. The number of aliphatic carboxylic acids is 1. The molecule has 0 spiro atoms. The van der Waals surface area contributed by atoms with Crippen molar-refractivity contribution in [2.24, 2.45) is 11.8 Å². The van der Waals surface area contributed by atoms with Crippen molar-refractivity contribution in [3.63, 3.8) is 0 Å². The number of para-hydroxylation sites is 1. The highest BCUT2D eigenvalue weighted by atomic mass is 16.5. The van der Waals surface area contributed by atoms with Crippen molar-refractivity contribution in [2.75, 3.05) is 13.1 Å². The first kappa shape index (κ1) is 16.8. The van der Waals surface area contributed by atoms with E-state index in [1.807, 2.05) is 35.2 Å². The number of carbonyl (C=O) groups is 2. The summed E-state index contributed by atoms with van der Waals surface area (Å²) in [5.41, 5.74) is 0. The summed E-state index contributed by atoms with van der Waals surface area (Å²) >= 11 is 0. The SMILES string of the molecule is O=C(O)C1CCC(C(=O)N2CCC(Oc3ccccc3)CC2)CC1. The highest BCUT2D eigenvalue weighted by Crippen LogP contribution is 2.31. The number of hydrogen-bond acceptors (Lipinski definition) is 3. The third-order valence-corrected chi connectivity index (χ3v) is 5.23. The Kier molecular flexibility index (Phi) is 5.38. The summed E-state index contributed by atoms with van der Waals surface area (Å²) in [5.74, 6) is 0.109. The summed E-state index contributed by atoms with van der Waals surface area (Å²) in [5, 5.41) is 9.05. The molecule has 1 aromatic carbocycles. The molecule has 1 saturated heterocycles. The van der Waals surface area contributed by atoms with Gasteiger partial charge >= 0.3 is 5.97 Å². The molecule has 0 atom stereocenters. The van der Waals surface area contributed by atoms with Crippen LogP contribution in [0, 0.1) is 11.8 Å². The summed E-state index contributed by atoms with van der Waals surface area (Å²) in [6.07, 6.45) is 4.53. The second-order valence-corrected chi connectivity index (χ2v) is 6.84. The number of amides is 1. The summed E-state index contributed by atoms with van der Waals surface area (Å²) in [6, 6.07) is 9.80. The van der Waals surface area contributed by atoms with E-state index >= 15 is 0 Å². The number of likely N-dealkylation sites (tertiary alicyclic amines) is 1. The predicted octanol–water partition coefficient (Wildman–Crippen LogP) is 2.95. The lowest BCUT2D eigenvalue weighted by molar-refractivity contribution is -0.146. The van der Waals surface area contributed by atoms with Crippen molar-refractivity contribution in [3.8, 4) is 5.75 Å². The Bertz CT molecular complexity index is 558. The molecule has 1 aliphatic carbocycles. The maximum Gasteiger partial charge on any atom is 0.306 e. The molecule has 2 fully saturated rings. The van der Waals surface area contributed by atoms with Crippen LogP contribution in [0.3, 0.4) is 0 Å². The van der Waals surface area contributed by atoms with Gasteiger partial charge in [0.25, 0.3) is 0 Å². The van der Waals surface area contributed by atoms with E-state index in [1.165, 1.54) is 0 Å². The van der Waals surface area contributed by atoms with Crippen LogP contribution in [0.1, 0.15) is 38.5 Å². The summed E-state index contributed by atoms with van der Waals surface area (Å²) in [4.78, 5) is 25.6. The number of carboxylic acid groups (broad SMARTS) is 1. The largest absolute Gasteiger partial charge is 0.490 e. The second kappa shape index (κ2) is 7.69. The van der Waals surface area contributed by atoms with Crippen molar-refractivity contribution in [1.29, 1.82) is 0 Å². The Morgan fingerprint density at radius 2 is 1.50 bits per heavy atom. The number of benzene rings is 1. The van der Waals surface area contributed by atoms with Crippen LogP contribution in [0.2, 0.25) is 0 Å². The average molecular weight is 331 g/mol. The molecule has 1 aliphatic heterocycles. The van der Waals surface area contributed by atoms with Crippen molar-refractivity contribution >= 4 is 11.9 Å². The number of carboxylic acids is 1. The molecule has 5 nitrogen and oxygen atoms in total. The quantitative estimate of drug-likeness (QED) is 0.921. The Morgan fingerprint density at radius 1 is 0.917 bits per heavy atom. The molecule has 0 unspecified atom stereocenters. The standard InChI is InChI=1S/C19H25NO4/c21-18(14-6-8-15(9-7-14)19(22)23)20-12-10-17(11-13-20)24-16-4-2-1-3-5-16/h1-5,14-15,17H,6-13H2,(H,22,23). The van der Waals surface area contributed by atoms with Gasteiger partial charge in [-0.2, -0.15) is 0 Å². The lowest BCUT2D eigenvalue weighted by atomic mass is 9.81. The van der Waals surface area contributed by atoms with Gasteiger partial charge in [-0.3, -0.25) is 9.59 Å². The highest BCUT2D eigenvalue weighted by molar-refractivity contribution is 5.79. The molecule has 2 aliphatic rings. The molecule has 5 heteroatoms. The third kappa shape index (κ3) is 4.08. The summed E-state index contributed by atoms with van der Waals surface area (Å²) in [7, 11) is 0. The number of piperidine rings is 1. The van der Waals surface area contributed by atoms with Crippen LogP contribution in [0.25, 0.3) is 0 Å². The second-order valence-electron chi connectivity index (χ2n) is 6.84. The van der Waals surface area contributed by atoms with E-state index in [0.717, 1.165) is 31.7 Å². The predicted molar refractivity (Wildman–Crippen MR) is 89.8 cm³/mol. The molecule has 3 rings (SSSR count). The fourth-order valence-electron chi connectivity index (χ4n) is 3.73. The molecule has 1 heterocycles. The van der Waals surface area contributed by atoms with Gasteiger partial charge in [0.1, 0.15) is 11.9 Å². The zero-order chi connectivity index (χ0) is 16.9. The van der Waals surface area contributed by atoms with Crippen LogP contribution < -0.4 is 4.74 Å². The number of nitrogens with zero attached hydrogens (tertiary/aromatic N) is 1. The smallest absolute Gasteiger partial charge is 0.306 e. The Hall–Kier alpha value is -2.04. The van der Waals surface area contributed by atoms with Gasteiger partial charge < -0.3 is 14.7 Å². The molecule has 0 radical (unpaired) electrons. The minimum absolute atomic E-state index is 0.00666. The number of hydrogen-bond donors (Lipinski definition) is 1. The molecule has 0 bridgehead atoms. The molecular weight excluding hydrogens is 306 g/mol. The molecule has 1 aromatic rings. The summed E-state index contributed by atoms with van der Waals surface area (Å²) < 4.78 is 5.97. The Balaban J connectivity index is 1.45. The molecule has 1 amide bonds. The van der Waals surface area contributed by atoms with Gasteiger partial charge in [0, 0.05) is 31.8 Å². The molecule has 24 heavy (non-hydrogen) atoms. The van der Waals surface area contributed by atoms with Gasteiger partial charge in [-0.05, 0) is 37.8 Å². The Morgan fingerprint density at radius 3 is 2.08 bits per heavy atom. The lowest BCUT2D eigenvalue weighted by Crippen LogP contribution is -2.45. The molecule has 1 saturated carbocycles. The summed E-state index contributed by atoms with van der Waals surface area (Å²) in [6.45, 7) is 1.46. The maximum atomic E-state index is 12.6. The van der Waals surface area contributed by atoms with Crippen molar-refractivity contribution in [1.82, 2.24) is 4.90 Å². The fourth-order valence-corrected chi connectivity index (χ4v) is 3.73. The van der Waals surface area contributed by atoms with Crippen LogP contribution in [0.4, 0.5) is 0 Å². The van der Waals surface area contributed by atoms with Gasteiger partial charge in [-0.1, -0.05) is 18.2 Å². The fraction of sp³-hybridized carbons (Fsp3) is 0.579. The maximum absolute atomic E-state index is 12.6. The minimum atomic E-state index is -0.722. The number of ether oxygens (including phenoxy) is 1. The first-order chi connectivity index (χ1) is 11.6. The van der Waals surface area contributed by atoms with E-state index in [-0.39, 0.29) is 23.8 Å². The van der Waals surface area contributed by atoms with Crippen LogP contribution in [-0.4, -0.2) is 41.1 Å². The molecule has 0 aromatic heterocycles. The van der Waals surface area contributed by atoms with Gasteiger partial charge in [-0.25, -0.2) is 0 Å². The van der Waals surface area contributed by atoms with Crippen molar-refractivity contribution in [2.45, 2.75) is 44.6 Å². The zero-order valence-corrected chi connectivity index (χ0v) is 13.9. The minimum Gasteiger partial charge on any atom is -0.490 e. The van der Waals surface area contributed by atoms with Gasteiger partial charge in [0.15, 0.2) is 0 Å². The normalized spacial score (nSPS) is 25.2. The van der Waals surface area contributed by atoms with E-state index in [9.17, 15) is 9.59 Å². The topological polar surface area (TPSA) is 66.8 Å². The first-order valence-electron chi connectivity index (χ1n) is 8.87. The van der Waals surface area contributed by atoms with Gasteiger partial charge in [0.2, 0.25) is 5.91 Å². The van der Waals surface area contributed by atoms with Gasteiger partial charge in [0.05, 0.1) is 5.92 Å². The average Bonchev–Trinajstić information content (AvgIpc) is 2.63. The third-order valence-electron chi connectivity index (χ3n) is 5.23. The number of carbonyl (C=O) groups excluding carboxylic acids is 1. The van der Waals surface area contributed by atoms with E-state index in [1.54, 1.807) is 0 Å². The monoisotopic (exact) mass is 331 g/mol. The van der Waals surface area contributed by atoms with E-state index < -0.39 is 5.97 Å². The first-order valence-corrected chi connectivity index (χ1v) is 8.87. The number of rotatable bonds is 4. The van der Waals surface area contributed by atoms with E-state index in [0.29, 0.717) is 25.7 Å². The van der Waals surface area contributed by atoms with Crippen molar-refractivity contribution in [3.05, 3.63) is 30.3 Å². The van der Waals surface area contributed by atoms with Crippen LogP contribution in [-0.2, 0) is 9.59 Å². The van der Waals surface area contributed by atoms with E-state index in [4.69, 9.17) is 9.84 Å². The van der Waals surface area contributed by atoms with Crippen LogP contribution >= 0.6 is 0 Å². The molecule has 130 valence electrons. The van der Waals surface area contributed by atoms with Crippen molar-refractivity contribution < 1.29 is 19.4 Å². The Labute approximate surface area is 142 Å².